The average Bonchev–Trinajstić information content (AvgIpc) is 3.00. The highest BCUT2D eigenvalue weighted by Crippen LogP contribution is 2.31. The molecule has 0 spiro atoms. The minimum atomic E-state index is -3.84. The van der Waals surface area contributed by atoms with Crippen LogP contribution >= 0.6 is 0 Å². The van der Waals surface area contributed by atoms with Crippen LogP contribution in [0.15, 0.2) is 89.8 Å². The van der Waals surface area contributed by atoms with Gasteiger partial charge in [0.25, 0.3) is 10.0 Å². The number of nitrogens with one attached hydrogen (secondary N) is 2. The van der Waals surface area contributed by atoms with E-state index in [9.17, 15) is 18.3 Å². The van der Waals surface area contributed by atoms with E-state index in [1.165, 1.54) is 6.07 Å². The van der Waals surface area contributed by atoms with Crippen molar-refractivity contribution in [3.63, 3.8) is 0 Å². The number of fused-ring (bicyclic) bond motifs is 4. The van der Waals surface area contributed by atoms with Crippen LogP contribution < -0.4 is 19.5 Å². The molecule has 43 heavy (non-hydrogen) atoms. The quantitative estimate of drug-likeness (QED) is 0.167. The topological polar surface area (TPSA) is 123 Å². The van der Waals surface area contributed by atoms with Crippen LogP contribution in [0.3, 0.4) is 0 Å². The van der Waals surface area contributed by atoms with Crippen molar-refractivity contribution in [2.24, 2.45) is 0 Å². The Labute approximate surface area is 251 Å². The molecule has 0 saturated carbocycles. The van der Waals surface area contributed by atoms with Crippen molar-refractivity contribution in [1.82, 2.24) is 5.32 Å². The summed E-state index contributed by atoms with van der Waals surface area (Å²) in [5.41, 5.74) is 4.96. The SMILES string of the molecule is CCOC(=O)c1ccc(-c2ccc(OCCNCC(O)c3ccc4cc3NS(=O)(=O)c3cccc(c3)CO4)cc2)c(C)c1. The summed E-state index contributed by atoms with van der Waals surface area (Å²) in [5, 5.41) is 14.1. The zero-order valence-corrected chi connectivity index (χ0v) is 24.8. The molecular formula is C33H34N2O7S. The molecule has 1 aliphatic rings. The van der Waals surface area contributed by atoms with E-state index in [1.54, 1.807) is 49.4 Å². The zero-order chi connectivity index (χ0) is 30.4. The van der Waals surface area contributed by atoms with Gasteiger partial charge in [0.1, 0.15) is 24.7 Å². The number of hydrogen-bond acceptors (Lipinski definition) is 8. The first-order valence-electron chi connectivity index (χ1n) is 14.0. The van der Waals surface area contributed by atoms with Crippen LogP contribution in [-0.4, -0.2) is 45.8 Å². The van der Waals surface area contributed by atoms with Crippen LogP contribution in [-0.2, 0) is 21.4 Å². The van der Waals surface area contributed by atoms with Gasteiger partial charge in [-0.2, -0.15) is 0 Å². The van der Waals surface area contributed by atoms with E-state index < -0.39 is 16.1 Å². The molecule has 1 aliphatic heterocycles. The molecule has 1 atom stereocenters. The Hall–Kier alpha value is -4.38. The van der Waals surface area contributed by atoms with E-state index in [0.717, 1.165) is 22.3 Å². The third-order valence-corrected chi connectivity index (χ3v) is 8.39. The number of esters is 1. The van der Waals surface area contributed by atoms with Crippen LogP contribution in [0.1, 0.15) is 40.1 Å². The molecule has 224 valence electrons. The zero-order valence-electron chi connectivity index (χ0n) is 24.0. The normalized spacial score (nSPS) is 14.1. The van der Waals surface area contributed by atoms with Crippen LogP contribution in [0, 0.1) is 6.92 Å². The lowest BCUT2D eigenvalue weighted by Crippen LogP contribution is -2.27. The largest absolute Gasteiger partial charge is 0.492 e. The first kappa shape index (κ1) is 30.1. The van der Waals surface area contributed by atoms with E-state index in [-0.39, 0.29) is 29.7 Å². The molecule has 3 N–H and O–H groups in total. The van der Waals surface area contributed by atoms with Crippen molar-refractivity contribution in [2.75, 3.05) is 31.0 Å². The molecule has 0 radical (unpaired) electrons. The Bertz CT molecular complexity index is 1710. The Morgan fingerprint density at radius 3 is 2.63 bits per heavy atom. The van der Waals surface area contributed by atoms with Crippen molar-refractivity contribution in [2.45, 2.75) is 31.5 Å². The third-order valence-electron chi connectivity index (χ3n) is 7.03. The summed E-state index contributed by atoms with van der Waals surface area (Å²) in [5.74, 6) is 0.864. The van der Waals surface area contributed by atoms with E-state index in [4.69, 9.17) is 14.2 Å². The van der Waals surface area contributed by atoms with E-state index in [1.807, 2.05) is 43.3 Å². The molecule has 5 rings (SSSR count). The maximum Gasteiger partial charge on any atom is 0.338 e. The fourth-order valence-electron chi connectivity index (χ4n) is 4.83. The number of aliphatic hydroxyl groups excluding tert-OH is 1. The fraction of sp³-hybridized carbons (Fsp3) is 0.242. The highest BCUT2D eigenvalue weighted by Gasteiger charge is 2.21. The number of benzene rings is 4. The lowest BCUT2D eigenvalue weighted by Gasteiger charge is -2.20. The average molecular weight is 603 g/mol. The Morgan fingerprint density at radius 1 is 1.05 bits per heavy atom. The predicted molar refractivity (Wildman–Crippen MR) is 164 cm³/mol. The van der Waals surface area contributed by atoms with Crippen LogP contribution in [0.5, 0.6) is 11.5 Å². The molecule has 4 bridgehead atoms. The molecular weight excluding hydrogens is 568 g/mol. The van der Waals surface area contributed by atoms with Crippen LogP contribution in [0.2, 0.25) is 0 Å². The molecule has 0 aromatic heterocycles. The first-order chi connectivity index (χ1) is 20.7. The van der Waals surface area contributed by atoms with Gasteiger partial charge in [-0.3, -0.25) is 4.72 Å². The van der Waals surface area contributed by atoms with Gasteiger partial charge in [-0.05, 0) is 78.6 Å². The number of ether oxygens (including phenoxy) is 3. The second-order valence-electron chi connectivity index (χ2n) is 10.1. The lowest BCUT2D eigenvalue weighted by atomic mass is 9.98. The molecule has 4 aromatic rings. The van der Waals surface area contributed by atoms with E-state index >= 15 is 0 Å². The summed E-state index contributed by atoms with van der Waals surface area (Å²) in [6, 6.07) is 24.7. The predicted octanol–water partition coefficient (Wildman–Crippen LogP) is 5.23. The minimum Gasteiger partial charge on any atom is -0.492 e. The molecule has 0 amide bonds. The van der Waals surface area contributed by atoms with Gasteiger partial charge >= 0.3 is 5.97 Å². The van der Waals surface area contributed by atoms with Crippen molar-refractivity contribution < 1.29 is 32.5 Å². The molecule has 0 fully saturated rings. The Balaban J connectivity index is 1.14. The maximum atomic E-state index is 13.0. The maximum absolute atomic E-state index is 13.0. The van der Waals surface area contributed by atoms with E-state index in [0.29, 0.717) is 42.4 Å². The smallest absolute Gasteiger partial charge is 0.338 e. The van der Waals surface area contributed by atoms with Gasteiger partial charge in [0.2, 0.25) is 0 Å². The minimum absolute atomic E-state index is 0.131. The summed E-state index contributed by atoms with van der Waals surface area (Å²) in [6.07, 6.45) is -0.973. The van der Waals surface area contributed by atoms with Gasteiger partial charge < -0.3 is 24.6 Å². The van der Waals surface area contributed by atoms with Crippen molar-refractivity contribution in [3.8, 4) is 22.6 Å². The Kier molecular flexibility index (Phi) is 9.30. The summed E-state index contributed by atoms with van der Waals surface area (Å²) in [6.45, 7) is 5.32. The third kappa shape index (κ3) is 7.34. The number of carbonyl (C=O) groups is 1. The van der Waals surface area contributed by atoms with Crippen molar-refractivity contribution in [3.05, 3.63) is 107 Å². The second kappa shape index (κ2) is 13.3. The molecule has 9 nitrogen and oxygen atoms in total. The summed E-state index contributed by atoms with van der Waals surface area (Å²) >= 11 is 0. The monoisotopic (exact) mass is 602 g/mol. The standard InChI is InChI=1S/C33H34N2O7S/c1-3-40-33(37)25-9-13-29(22(2)17-25)24-7-10-26(11-8-24)41-16-15-34-20-32(36)30-14-12-27-19-31(30)35-43(38,39)28-6-4-5-23(18-28)21-42-27/h4-14,17-19,32,34-36H,3,15-16,20-21H2,1-2H3. The molecule has 0 saturated heterocycles. The summed E-state index contributed by atoms with van der Waals surface area (Å²) < 4.78 is 45.3. The van der Waals surface area contributed by atoms with Crippen molar-refractivity contribution >= 4 is 21.7 Å². The van der Waals surface area contributed by atoms with Crippen molar-refractivity contribution in [1.29, 1.82) is 0 Å². The molecule has 1 unspecified atom stereocenters. The van der Waals surface area contributed by atoms with Gasteiger partial charge in [-0.25, -0.2) is 13.2 Å². The number of carbonyl (C=O) groups excluding carboxylic acids is 1. The Morgan fingerprint density at radius 2 is 1.86 bits per heavy atom. The van der Waals surface area contributed by atoms with E-state index in [2.05, 4.69) is 10.0 Å². The lowest BCUT2D eigenvalue weighted by molar-refractivity contribution is 0.0526. The molecule has 0 aliphatic carbocycles. The number of rotatable bonds is 10. The van der Waals surface area contributed by atoms with Gasteiger partial charge in [0.05, 0.1) is 28.9 Å². The number of aliphatic hydroxyl groups is 1. The summed E-state index contributed by atoms with van der Waals surface area (Å²) in [7, 11) is -3.84. The van der Waals surface area contributed by atoms with Gasteiger partial charge in [0, 0.05) is 24.7 Å². The number of anilines is 1. The van der Waals surface area contributed by atoms with Crippen LogP contribution in [0.4, 0.5) is 5.69 Å². The fourth-order valence-corrected chi connectivity index (χ4v) is 5.97. The molecule has 1 heterocycles. The highest BCUT2D eigenvalue weighted by atomic mass is 32.2. The highest BCUT2D eigenvalue weighted by molar-refractivity contribution is 7.92. The van der Waals surface area contributed by atoms with Gasteiger partial charge in [-0.15, -0.1) is 0 Å². The van der Waals surface area contributed by atoms with Gasteiger partial charge in [0.15, 0.2) is 0 Å². The molecule has 4 aromatic carbocycles. The van der Waals surface area contributed by atoms with Gasteiger partial charge in [-0.1, -0.05) is 36.4 Å². The number of sulfonamides is 1. The molecule has 10 heteroatoms. The van der Waals surface area contributed by atoms with Crippen LogP contribution in [0.25, 0.3) is 11.1 Å². The number of aryl methyl sites for hydroxylation is 1. The summed E-state index contributed by atoms with van der Waals surface area (Å²) in [4.78, 5) is 12.1. The number of hydrogen-bond donors (Lipinski definition) is 3. The second-order valence-corrected chi connectivity index (χ2v) is 11.8. The first-order valence-corrected chi connectivity index (χ1v) is 15.5.